The molecule has 10 rings (SSSR count). The van der Waals surface area contributed by atoms with E-state index in [4.69, 9.17) is 19.4 Å². The van der Waals surface area contributed by atoms with Gasteiger partial charge in [0.05, 0.1) is 49.2 Å². The SMILES string of the molecule is COC(=O)N[C@H](C(=O)C1CC2(CC2)C[C@H]1c1ncc(-c2ccc3c(c2)C(F)(F)c2cc(-c4ccc5nc([C@@H]6[C@H]7CC[C@H](C7)N6C(=O)[C@@H](NC(=O)OC)C(C)C)[nH]c5c4)ccc2-3)[nH]1)C(C)C. The number of benzene rings is 3. The maximum absolute atomic E-state index is 16.7. The van der Waals surface area contributed by atoms with Gasteiger partial charge in [-0.25, -0.2) is 19.6 Å². The van der Waals surface area contributed by atoms with Crippen molar-refractivity contribution in [2.24, 2.45) is 29.1 Å². The maximum Gasteiger partial charge on any atom is 0.407 e. The minimum atomic E-state index is -3.28. The third-order valence-electron chi connectivity index (χ3n) is 15.2. The number of ether oxygens (including phenoxy) is 2. The number of fused-ring (bicyclic) bond motifs is 6. The number of methoxy groups -OCH3 is 2. The molecular weight excluding hydrogens is 833 g/mol. The first-order chi connectivity index (χ1) is 31.1. The van der Waals surface area contributed by atoms with E-state index in [1.54, 1.807) is 24.4 Å². The monoisotopic (exact) mass is 887 g/mol. The summed E-state index contributed by atoms with van der Waals surface area (Å²) >= 11 is 0. The molecule has 3 aromatic carbocycles. The molecule has 5 aliphatic rings. The number of Topliss-reactive ketones (excluding diaryl/α,β-unsaturated/α-hetero) is 1. The Labute approximate surface area is 375 Å². The second-order valence-electron chi connectivity index (χ2n) is 19.8. The molecule has 4 N–H and O–H groups in total. The summed E-state index contributed by atoms with van der Waals surface area (Å²) in [6, 6.07) is 14.3. The van der Waals surface area contributed by atoms with E-state index in [2.05, 4.69) is 20.6 Å². The Morgan fingerprint density at radius 2 is 1.42 bits per heavy atom. The van der Waals surface area contributed by atoms with Crippen LogP contribution < -0.4 is 10.6 Å². The van der Waals surface area contributed by atoms with Crippen LogP contribution in [0.15, 0.2) is 60.8 Å². The number of rotatable bonds is 11. The van der Waals surface area contributed by atoms with Crippen LogP contribution in [0.25, 0.3) is 44.5 Å². The van der Waals surface area contributed by atoms with E-state index in [-0.39, 0.29) is 69.9 Å². The second kappa shape index (κ2) is 15.8. The lowest BCUT2D eigenvalue weighted by Gasteiger charge is -2.37. The molecule has 3 saturated carbocycles. The number of aromatic amines is 2. The lowest BCUT2D eigenvalue weighted by atomic mass is 9.84. The molecule has 7 atom stereocenters. The highest BCUT2D eigenvalue weighted by atomic mass is 19.3. The van der Waals surface area contributed by atoms with Crippen LogP contribution in [0.1, 0.15) is 107 Å². The van der Waals surface area contributed by atoms with Crippen LogP contribution >= 0.6 is 0 Å². The number of halogens is 2. The number of aromatic nitrogens is 4. The first kappa shape index (κ1) is 42.8. The van der Waals surface area contributed by atoms with E-state index in [0.29, 0.717) is 45.1 Å². The fourth-order valence-electron chi connectivity index (χ4n) is 11.6. The lowest BCUT2D eigenvalue weighted by molar-refractivity contribution is -0.139. The van der Waals surface area contributed by atoms with E-state index >= 15 is 8.78 Å². The van der Waals surface area contributed by atoms with Crippen LogP contribution in [0.5, 0.6) is 0 Å². The summed E-state index contributed by atoms with van der Waals surface area (Å²) in [5.74, 6) is -2.78. The van der Waals surface area contributed by atoms with Gasteiger partial charge in [-0.3, -0.25) is 9.59 Å². The van der Waals surface area contributed by atoms with Crippen LogP contribution in [-0.4, -0.2) is 81.1 Å². The number of amides is 3. The summed E-state index contributed by atoms with van der Waals surface area (Å²) in [5.41, 5.74) is 4.85. The number of imidazole rings is 2. The van der Waals surface area contributed by atoms with Crippen LogP contribution in [0.2, 0.25) is 0 Å². The second-order valence-corrected chi connectivity index (χ2v) is 19.8. The van der Waals surface area contributed by atoms with Gasteiger partial charge in [0.2, 0.25) is 5.91 Å². The minimum absolute atomic E-state index is 0.0383. The number of hydrogen-bond acceptors (Lipinski definition) is 8. The molecule has 2 bridgehead atoms. The zero-order chi connectivity index (χ0) is 45.7. The lowest BCUT2D eigenvalue weighted by Crippen LogP contribution is -2.54. The Morgan fingerprint density at radius 3 is 2.08 bits per heavy atom. The van der Waals surface area contributed by atoms with Gasteiger partial charge in [0, 0.05) is 34.6 Å². The average Bonchev–Trinajstić information content (AvgIpc) is 3.95. The van der Waals surface area contributed by atoms with Gasteiger partial charge >= 0.3 is 12.2 Å². The number of alkyl halides is 2. The molecule has 15 heteroatoms. The average molecular weight is 888 g/mol. The third kappa shape index (κ3) is 7.25. The summed E-state index contributed by atoms with van der Waals surface area (Å²) in [5, 5.41) is 5.48. The van der Waals surface area contributed by atoms with Crippen LogP contribution in [-0.2, 0) is 25.0 Å². The predicted octanol–water partition coefficient (Wildman–Crippen LogP) is 9.40. The molecule has 1 saturated heterocycles. The number of alkyl carbamates (subject to hydrolysis) is 2. The fourth-order valence-corrected chi connectivity index (χ4v) is 11.6. The number of hydrogen-bond donors (Lipinski definition) is 4. The van der Waals surface area contributed by atoms with E-state index in [1.807, 2.05) is 62.9 Å². The Hall–Kier alpha value is -6.12. The first-order valence-electron chi connectivity index (χ1n) is 22.9. The quantitative estimate of drug-likeness (QED) is 0.102. The molecule has 65 heavy (non-hydrogen) atoms. The predicted molar refractivity (Wildman–Crippen MR) is 239 cm³/mol. The highest BCUT2D eigenvalue weighted by Crippen LogP contribution is 2.64. The van der Waals surface area contributed by atoms with Crippen molar-refractivity contribution in [1.82, 2.24) is 35.5 Å². The molecule has 5 aromatic rings. The zero-order valence-electron chi connectivity index (χ0n) is 37.5. The third-order valence-corrected chi connectivity index (χ3v) is 15.2. The van der Waals surface area contributed by atoms with Gasteiger partial charge in [-0.05, 0) is 115 Å². The number of ketones is 1. The number of nitrogens with zero attached hydrogens (tertiary/aromatic N) is 3. The Morgan fingerprint density at radius 1 is 0.785 bits per heavy atom. The van der Waals surface area contributed by atoms with Gasteiger partial charge in [0.25, 0.3) is 5.92 Å². The topological polar surface area (TPSA) is 171 Å². The van der Waals surface area contributed by atoms with Gasteiger partial charge in [-0.2, -0.15) is 8.78 Å². The van der Waals surface area contributed by atoms with Crippen molar-refractivity contribution in [2.75, 3.05) is 14.2 Å². The number of piperidine rings is 1. The molecule has 340 valence electrons. The van der Waals surface area contributed by atoms with Crippen LogP contribution in [0.4, 0.5) is 18.4 Å². The molecule has 2 aromatic heterocycles. The summed E-state index contributed by atoms with van der Waals surface area (Å²) in [6.45, 7) is 7.58. The molecule has 3 amide bonds. The summed E-state index contributed by atoms with van der Waals surface area (Å²) in [7, 11) is 2.56. The largest absolute Gasteiger partial charge is 0.453 e. The summed E-state index contributed by atoms with van der Waals surface area (Å²) in [4.78, 5) is 71.0. The molecule has 1 unspecified atom stereocenters. The number of nitrogens with one attached hydrogen (secondary N) is 4. The normalized spacial score (nSPS) is 24.0. The summed E-state index contributed by atoms with van der Waals surface area (Å²) in [6.07, 6.45) is 6.69. The van der Waals surface area contributed by atoms with E-state index < -0.39 is 30.2 Å². The number of likely N-dealkylation sites (tertiary alicyclic amines) is 1. The van der Waals surface area contributed by atoms with Gasteiger partial charge in [-0.1, -0.05) is 58.0 Å². The van der Waals surface area contributed by atoms with Gasteiger partial charge < -0.3 is 35.0 Å². The minimum Gasteiger partial charge on any atom is -0.453 e. The van der Waals surface area contributed by atoms with Crippen LogP contribution in [0, 0.1) is 29.1 Å². The Kier molecular flexibility index (Phi) is 10.4. The fraction of sp³-hybridized carbons (Fsp3) is 0.480. The zero-order valence-corrected chi connectivity index (χ0v) is 37.5. The Balaban J connectivity index is 0.896. The highest BCUT2D eigenvalue weighted by molar-refractivity contribution is 5.91. The van der Waals surface area contributed by atoms with Crippen molar-refractivity contribution in [1.29, 1.82) is 0 Å². The molecule has 1 spiro atoms. The van der Waals surface area contributed by atoms with Crippen molar-refractivity contribution in [2.45, 2.75) is 109 Å². The molecule has 0 radical (unpaired) electrons. The maximum atomic E-state index is 16.7. The number of carbonyl (C=O) groups is 4. The van der Waals surface area contributed by atoms with Crippen LogP contribution in [0.3, 0.4) is 0 Å². The van der Waals surface area contributed by atoms with Crippen molar-refractivity contribution in [3.05, 3.63) is 83.6 Å². The van der Waals surface area contributed by atoms with E-state index in [1.165, 1.54) is 20.3 Å². The van der Waals surface area contributed by atoms with Gasteiger partial charge in [0.15, 0.2) is 5.78 Å². The molecular formula is C50H55F2N7O6. The van der Waals surface area contributed by atoms with Crippen molar-refractivity contribution in [3.8, 4) is 33.5 Å². The van der Waals surface area contributed by atoms with Gasteiger partial charge in [0.1, 0.15) is 17.7 Å². The van der Waals surface area contributed by atoms with Crippen molar-refractivity contribution < 1.29 is 37.4 Å². The number of carbonyl (C=O) groups excluding carboxylic acids is 4. The smallest absolute Gasteiger partial charge is 0.407 e. The van der Waals surface area contributed by atoms with E-state index in [9.17, 15) is 19.2 Å². The molecule has 4 fully saturated rings. The van der Waals surface area contributed by atoms with Gasteiger partial charge in [-0.15, -0.1) is 0 Å². The molecule has 1 aliphatic heterocycles. The molecule has 4 aliphatic carbocycles. The Bertz CT molecular complexity index is 2740. The highest BCUT2D eigenvalue weighted by Gasteiger charge is 2.57. The first-order valence-corrected chi connectivity index (χ1v) is 22.9. The summed E-state index contributed by atoms with van der Waals surface area (Å²) < 4.78 is 43.0. The molecule has 3 heterocycles. The standard InChI is InChI=1S/C50H55F2N7O6/c1-24(2)40(57-47(62)64-5)43(60)33-21-49(15-16-49)22-34(33)44-53-23-39(56-44)28-9-13-32-31-12-8-26(18-35(31)50(51,52)36(32)19-28)27-10-14-37-38(20-27)55-45(54-37)42-29-7-11-30(17-29)59(42)46(61)41(25(3)4)58-48(63)65-6/h8-10,12-14,18-20,23-25,29-30,33-34,40-42H,7,11,15-17,21-22H2,1-6H3,(H,53,56)(H,54,55)(H,57,62)(H,58,63)/t29-,30+,33?,34+,40-,41-,42-/m0/s1. The number of H-pyrrole nitrogens is 2. The molecule has 13 nitrogen and oxygen atoms in total. The van der Waals surface area contributed by atoms with E-state index in [0.717, 1.165) is 56.0 Å². The van der Waals surface area contributed by atoms with Crippen molar-refractivity contribution >= 4 is 34.9 Å². The van der Waals surface area contributed by atoms with Crippen molar-refractivity contribution in [3.63, 3.8) is 0 Å².